The zero-order valence-corrected chi connectivity index (χ0v) is 16.4. The van der Waals surface area contributed by atoms with Crippen molar-refractivity contribution in [2.45, 2.75) is 32.2 Å². The number of anilines is 1. The van der Waals surface area contributed by atoms with Gasteiger partial charge in [-0.2, -0.15) is 0 Å². The number of hydrogen-bond donors (Lipinski definition) is 1. The Labute approximate surface area is 169 Å². The number of methoxy groups -OCH3 is 1. The summed E-state index contributed by atoms with van der Waals surface area (Å²) in [5, 5.41) is 2.90. The third-order valence-corrected chi connectivity index (χ3v) is 5.73. The Balaban J connectivity index is 1.35. The van der Waals surface area contributed by atoms with Gasteiger partial charge in [0.05, 0.1) is 18.6 Å². The van der Waals surface area contributed by atoms with Crippen LogP contribution in [0.1, 0.15) is 39.9 Å². The Morgan fingerprint density at radius 2 is 1.86 bits per heavy atom. The molecule has 2 aromatic carbocycles. The molecule has 0 spiro atoms. The molecule has 0 bridgehead atoms. The lowest BCUT2D eigenvalue weighted by molar-refractivity contribution is -0.126. The van der Waals surface area contributed by atoms with E-state index in [0.717, 1.165) is 24.1 Å². The predicted octanol–water partition coefficient (Wildman–Crippen LogP) is 2.63. The molecule has 2 aliphatic rings. The second-order valence-corrected chi connectivity index (χ2v) is 7.62. The molecule has 1 unspecified atom stereocenters. The largest absolute Gasteiger partial charge is 0.465 e. The highest BCUT2D eigenvalue weighted by Crippen LogP contribution is 2.30. The predicted molar refractivity (Wildman–Crippen MR) is 109 cm³/mol. The summed E-state index contributed by atoms with van der Waals surface area (Å²) in [6.07, 6.45) is 3.56. The first-order valence-corrected chi connectivity index (χ1v) is 9.92. The van der Waals surface area contributed by atoms with Crippen molar-refractivity contribution in [3.63, 3.8) is 0 Å². The van der Waals surface area contributed by atoms with Crippen molar-refractivity contribution in [1.29, 1.82) is 0 Å². The molecule has 29 heavy (non-hydrogen) atoms. The van der Waals surface area contributed by atoms with Crippen molar-refractivity contribution < 1.29 is 19.1 Å². The minimum absolute atomic E-state index is 0.00877. The zero-order valence-electron chi connectivity index (χ0n) is 16.4. The summed E-state index contributed by atoms with van der Waals surface area (Å²) in [7, 11) is 1.34. The van der Waals surface area contributed by atoms with Gasteiger partial charge < -0.3 is 15.0 Å². The minimum atomic E-state index is -0.392. The normalized spacial score (nSPS) is 17.9. The summed E-state index contributed by atoms with van der Waals surface area (Å²) in [5.74, 6) is -0.883. The van der Waals surface area contributed by atoms with Gasteiger partial charge in [0.1, 0.15) is 0 Å². The van der Waals surface area contributed by atoms with Crippen molar-refractivity contribution in [3.8, 4) is 0 Å². The molecular weight excluding hydrogens is 368 g/mol. The van der Waals surface area contributed by atoms with E-state index < -0.39 is 5.97 Å². The highest BCUT2D eigenvalue weighted by Gasteiger charge is 2.35. The molecule has 0 radical (unpaired) electrons. The Hall–Kier alpha value is -3.15. The van der Waals surface area contributed by atoms with Crippen LogP contribution in [0.25, 0.3) is 0 Å². The van der Waals surface area contributed by atoms with Gasteiger partial charge in [-0.05, 0) is 60.2 Å². The quantitative estimate of drug-likeness (QED) is 0.794. The van der Waals surface area contributed by atoms with Gasteiger partial charge in [0.2, 0.25) is 11.8 Å². The Bertz CT molecular complexity index is 952. The molecule has 6 heteroatoms. The van der Waals surface area contributed by atoms with Gasteiger partial charge in [-0.25, -0.2) is 4.79 Å². The number of nitrogens with one attached hydrogen (secondary N) is 1. The van der Waals surface area contributed by atoms with Crippen molar-refractivity contribution in [2.75, 3.05) is 18.6 Å². The van der Waals surface area contributed by atoms with Crippen LogP contribution in [0.2, 0.25) is 0 Å². The second kappa shape index (κ2) is 8.07. The van der Waals surface area contributed by atoms with Crippen LogP contribution in [0, 0.1) is 5.92 Å². The van der Waals surface area contributed by atoms with Gasteiger partial charge in [0, 0.05) is 25.2 Å². The van der Waals surface area contributed by atoms with Crippen LogP contribution in [0.3, 0.4) is 0 Å². The molecule has 1 aliphatic heterocycles. The Morgan fingerprint density at radius 3 is 2.62 bits per heavy atom. The molecule has 1 saturated heterocycles. The fourth-order valence-electron chi connectivity index (χ4n) is 4.07. The SMILES string of the molecule is COC(=O)c1ccc(CNC(=O)C2CC(=O)N(c3ccc4c(c3)CCC4)C2)cc1. The maximum Gasteiger partial charge on any atom is 0.337 e. The van der Waals surface area contributed by atoms with Crippen LogP contribution >= 0.6 is 0 Å². The summed E-state index contributed by atoms with van der Waals surface area (Å²) in [5.41, 5.74) is 4.93. The van der Waals surface area contributed by atoms with Crippen molar-refractivity contribution >= 4 is 23.5 Å². The average molecular weight is 392 g/mol. The number of nitrogens with zero attached hydrogens (tertiary/aromatic N) is 1. The number of esters is 1. The molecule has 1 fully saturated rings. The van der Waals surface area contributed by atoms with Crippen LogP contribution in [-0.2, 0) is 33.7 Å². The molecule has 6 nitrogen and oxygen atoms in total. The number of rotatable bonds is 5. The van der Waals surface area contributed by atoms with Gasteiger partial charge in [0.15, 0.2) is 0 Å². The summed E-state index contributed by atoms with van der Waals surface area (Å²) in [6, 6.07) is 13.1. The molecule has 1 aliphatic carbocycles. The number of amides is 2. The Kier molecular flexibility index (Phi) is 5.34. The van der Waals surface area contributed by atoms with Crippen LogP contribution < -0.4 is 10.2 Å². The second-order valence-electron chi connectivity index (χ2n) is 7.62. The first kappa shape index (κ1) is 19.2. The monoisotopic (exact) mass is 392 g/mol. The van der Waals surface area contributed by atoms with Crippen LogP contribution in [0.5, 0.6) is 0 Å². The lowest BCUT2D eigenvalue weighted by Crippen LogP contribution is -2.32. The molecular formula is C23H24N2O4. The fourth-order valence-corrected chi connectivity index (χ4v) is 4.07. The van der Waals surface area contributed by atoms with Crippen LogP contribution in [-0.4, -0.2) is 31.4 Å². The van der Waals surface area contributed by atoms with Gasteiger partial charge in [-0.1, -0.05) is 18.2 Å². The fraction of sp³-hybridized carbons (Fsp3) is 0.348. The van der Waals surface area contributed by atoms with E-state index in [4.69, 9.17) is 0 Å². The standard InChI is InChI=1S/C23H24N2O4/c1-29-23(28)17-7-5-15(6-8-17)13-24-22(27)19-12-21(26)25(14-19)20-10-9-16-3-2-4-18(16)11-20/h5-11,19H,2-4,12-14H2,1H3,(H,24,27). The van der Waals surface area contributed by atoms with E-state index in [1.165, 1.54) is 24.7 Å². The minimum Gasteiger partial charge on any atom is -0.465 e. The number of benzene rings is 2. The highest BCUT2D eigenvalue weighted by molar-refractivity contribution is 6.00. The molecule has 0 aromatic heterocycles. The van der Waals surface area contributed by atoms with Crippen LogP contribution in [0.15, 0.2) is 42.5 Å². The third-order valence-electron chi connectivity index (χ3n) is 5.73. The smallest absolute Gasteiger partial charge is 0.337 e. The summed E-state index contributed by atoms with van der Waals surface area (Å²) in [4.78, 5) is 38.3. The maximum atomic E-state index is 12.6. The lowest BCUT2D eigenvalue weighted by atomic mass is 10.1. The molecule has 1 N–H and O–H groups in total. The van der Waals surface area contributed by atoms with Gasteiger partial charge in [-0.3, -0.25) is 9.59 Å². The van der Waals surface area contributed by atoms with Gasteiger partial charge >= 0.3 is 5.97 Å². The highest BCUT2D eigenvalue weighted by atomic mass is 16.5. The first-order valence-electron chi connectivity index (χ1n) is 9.92. The number of aryl methyl sites for hydroxylation is 2. The lowest BCUT2D eigenvalue weighted by Gasteiger charge is -2.18. The van der Waals surface area contributed by atoms with Gasteiger partial charge in [-0.15, -0.1) is 0 Å². The van der Waals surface area contributed by atoms with E-state index in [1.54, 1.807) is 29.2 Å². The molecule has 150 valence electrons. The molecule has 2 aromatic rings. The zero-order chi connectivity index (χ0) is 20.4. The molecule has 1 heterocycles. The summed E-state index contributed by atoms with van der Waals surface area (Å²) >= 11 is 0. The third kappa shape index (κ3) is 4.01. The van der Waals surface area contributed by atoms with Crippen molar-refractivity contribution in [1.82, 2.24) is 5.32 Å². The van der Waals surface area contributed by atoms with Crippen molar-refractivity contribution in [3.05, 3.63) is 64.7 Å². The molecule has 2 amide bonds. The average Bonchev–Trinajstić information content (AvgIpc) is 3.37. The molecule has 1 atom stereocenters. The van der Waals surface area contributed by atoms with E-state index in [2.05, 4.69) is 22.2 Å². The summed E-state index contributed by atoms with van der Waals surface area (Å²) in [6.45, 7) is 0.758. The van der Waals surface area contributed by atoms with Crippen LogP contribution in [0.4, 0.5) is 5.69 Å². The maximum absolute atomic E-state index is 12.6. The van der Waals surface area contributed by atoms with Gasteiger partial charge in [0.25, 0.3) is 0 Å². The van der Waals surface area contributed by atoms with E-state index in [9.17, 15) is 14.4 Å². The molecule has 0 saturated carbocycles. The first-order chi connectivity index (χ1) is 14.0. The van der Waals surface area contributed by atoms with E-state index in [1.807, 2.05) is 6.07 Å². The topological polar surface area (TPSA) is 75.7 Å². The Morgan fingerprint density at radius 1 is 1.10 bits per heavy atom. The van der Waals surface area contributed by atoms with E-state index >= 15 is 0 Å². The van der Waals surface area contributed by atoms with E-state index in [0.29, 0.717) is 18.7 Å². The molecule has 4 rings (SSSR count). The van der Waals surface area contributed by atoms with E-state index in [-0.39, 0.29) is 24.2 Å². The number of fused-ring (bicyclic) bond motifs is 1. The summed E-state index contributed by atoms with van der Waals surface area (Å²) < 4.78 is 4.68. The number of hydrogen-bond acceptors (Lipinski definition) is 4. The number of ether oxygens (including phenoxy) is 1. The van der Waals surface area contributed by atoms with Crippen molar-refractivity contribution in [2.24, 2.45) is 5.92 Å². The number of carbonyl (C=O) groups excluding carboxylic acids is 3. The number of carbonyl (C=O) groups is 3.